The Kier molecular flexibility index (Phi) is 4.27. The molecule has 1 unspecified atom stereocenters. The zero-order chi connectivity index (χ0) is 13.3. The summed E-state index contributed by atoms with van der Waals surface area (Å²) < 4.78 is 6.79. The molecule has 0 aliphatic rings. The highest BCUT2D eigenvalue weighted by atomic mass is 79.9. The van der Waals surface area contributed by atoms with Crippen LogP contribution < -0.4 is 11.3 Å². The van der Waals surface area contributed by atoms with Gasteiger partial charge in [0.05, 0.1) is 6.04 Å². The molecule has 0 aliphatic carbocycles. The van der Waals surface area contributed by atoms with Crippen molar-refractivity contribution in [2.75, 3.05) is 0 Å². The number of nitrogens with one attached hydrogen (secondary N) is 1. The van der Waals surface area contributed by atoms with Gasteiger partial charge in [-0.1, -0.05) is 0 Å². The summed E-state index contributed by atoms with van der Waals surface area (Å²) in [4.78, 5) is 1.29. The van der Waals surface area contributed by atoms with Crippen molar-refractivity contribution >= 4 is 27.3 Å². The molecule has 0 saturated carbocycles. The van der Waals surface area contributed by atoms with E-state index >= 15 is 0 Å². The third kappa shape index (κ3) is 2.69. The van der Waals surface area contributed by atoms with Crippen LogP contribution in [0.1, 0.15) is 33.6 Å². The van der Waals surface area contributed by atoms with Gasteiger partial charge in [-0.3, -0.25) is 11.3 Å². The standard InChI is InChI=1S/C13H17BrN2OS/c1-7-8(2)17-9(3)13(7)12(16-15)5-11-4-10(14)6-18-11/h4,6,12,16H,5,15H2,1-3H3. The first-order valence-corrected chi connectivity index (χ1v) is 7.45. The molecule has 3 N–H and O–H groups in total. The number of halogens is 1. The number of furan rings is 1. The number of aryl methyl sites for hydroxylation is 2. The Morgan fingerprint density at radius 2 is 2.11 bits per heavy atom. The fourth-order valence-corrected chi connectivity index (χ4v) is 3.73. The van der Waals surface area contributed by atoms with Gasteiger partial charge in [-0.25, -0.2) is 0 Å². The SMILES string of the molecule is Cc1oc(C)c(C(Cc2cc(Br)cs2)NN)c1C. The van der Waals surface area contributed by atoms with E-state index in [0.717, 1.165) is 22.4 Å². The molecule has 5 heteroatoms. The maximum absolute atomic E-state index is 5.71. The zero-order valence-electron chi connectivity index (χ0n) is 10.7. The van der Waals surface area contributed by atoms with Crippen LogP contribution in [0.4, 0.5) is 0 Å². The summed E-state index contributed by atoms with van der Waals surface area (Å²) in [6.45, 7) is 6.06. The number of thiophene rings is 1. The van der Waals surface area contributed by atoms with Gasteiger partial charge < -0.3 is 4.42 Å². The third-order valence-corrected chi connectivity index (χ3v) is 4.91. The van der Waals surface area contributed by atoms with Crippen LogP contribution in [0.2, 0.25) is 0 Å². The third-order valence-electron chi connectivity index (χ3n) is 3.19. The average molecular weight is 329 g/mol. The smallest absolute Gasteiger partial charge is 0.106 e. The van der Waals surface area contributed by atoms with Gasteiger partial charge in [-0.2, -0.15) is 0 Å². The van der Waals surface area contributed by atoms with Crippen LogP contribution in [0, 0.1) is 20.8 Å². The second kappa shape index (κ2) is 5.57. The van der Waals surface area contributed by atoms with Crippen LogP contribution in [-0.4, -0.2) is 0 Å². The average Bonchev–Trinajstić information content (AvgIpc) is 2.82. The predicted octanol–water partition coefficient (Wildman–Crippen LogP) is 3.78. The molecule has 1 atom stereocenters. The van der Waals surface area contributed by atoms with Gasteiger partial charge in [0.1, 0.15) is 11.5 Å². The first kappa shape index (κ1) is 13.8. The molecule has 2 rings (SSSR count). The molecule has 0 aliphatic heterocycles. The molecule has 18 heavy (non-hydrogen) atoms. The minimum Gasteiger partial charge on any atom is -0.466 e. The normalized spacial score (nSPS) is 12.9. The molecule has 0 saturated heterocycles. The summed E-state index contributed by atoms with van der Waals surface area (Å²) in [5.74, 6) is 7.62. The second-order valence-corrected chi connectivity index (χ2v) is 6.32. The van der Waals surface area contributed by atoms with Gasteiger partial charge in [-0.05, 0) is 48.3 Å². The number of rotatable bonds is 4. The minimum absolute atomic E-state index is 0.0907. The van der Waals surface area contributed by atoms with Gasteiger partial charge in [-0.15, -0.1) is 11.3 Å². The maximum atomic E-state index is 5.71. The lowest BCUT2D eigenvalue weighted by Crippen LogP contribution is -2.30. The molecule has 3 nitrogen and oxygen atoms in total. The highest BCUT2D eigenvalue weighted by molar-refractivity contribution is 9.10. The van der Waals surface area contributed by atoms with E-state index < -0.39 is 0 Å². The Morgan fingerprint density at radius 1 is 1.39 bits per heavy atom. The molecule has 2 aromatic heterocycles. The Hall–Kier alpha value is -0.620. The predicted molar refractivity (Wildman–Crippen MR) is 78.7 cm³/mol. The lowest BCUT2D eigenvalue weighted by atomic mass is 9.99. The van der Waals surface area contributed by atoms with Crippen molar-refractivity contribution in [1.29, 1.82) is 0 Å². The van der Waals surface area contributed by atoms with Crippen molar-refractivity contribution in [3.8, 4) is 0 Å². The van der Waals surface area contributed by atoms with Crippen molar-refractivity contribution in [2.24, 2.45) is 5.84 Å². The van der Waals surface area contributed by atoms with Crippen LogP contribution in [0.3, 0.4) is 0 Å². The summed E-state index contributed by atoms with van der Waals surface area (Å²) in [5.41, 5.74) is 5.27. The van der Waals surface area contributed by atoms with Gasteiger partial charge in [0.2, 0.25) is 0 Å². The highest BCUT2D eigenvalue weighted by Crippen LogP contribution is 2.31. The van der Waals surface area contributed by atoms with E-state index in [1.165, 1.54) is 16.0 Å². The number of hydrazine groups is 1. The van der Waals surface area contributed by atoms with Crippen LogP contribution in [0.25, 0.3) is 0 Å². The van der Waals surface area contributed by atoms with Crippen LogP contribution in [-0.2, 0) is 6.42 Å². The molecule has 0 amide bonds. The summed E-state index contributed by atoms with van der Waals surface area (Å²) in [6.07, 6.45) is 0.868. The summed E-state index contributed by atoms with van der Waals surface area (Å²) >= 11 is 5.21. The molecular formula is C13H17BrN2OS. The Morgan fingerprint density at radius 3 is 2.56 bits per heavy atom. The molecule has 2 heterocycles. The van der Waals surface area contributed by atoms with Crippen LogP contribution in [0.15, 0.2) is 20.3 Å². The lowest BCUT2D eigenvalue weighted by Gasteiger charge is -2.15. The Balaban J connectivity index is 2.28. The maximum Gasteiger partial charge on any atom is 0.106 e. The lowest BCUT2D eigenvalue weighted by molar-refractivity contribution is 0.485. The van der Waals surface area contributed by atoms with E-state index in [2.05, 4.69) is 39.7 Å². The van der Waals surface area contributed by atoms with Crippen molar-refractivity contribution in [3.63, 3.8) is 0 Å². The first-order valence-electron chi connectivity index (χ1n) is 5.78. The topological polar surface area (TPSA) is 51.2 Å². The Bertz CT molecular complexity index is 547. The van der Waals surface area contributed by atoms with Crippen LogP contribution in [0.5, 0.6) is 0 Å². The fourth-order valence-electron chi connectivity index (χ4n) is 2.23. The molecule has 0 bridgehead atoms. The first-order chi connectivity index (χ1) is 8.52. The highest BCUT2D eigenvalue weighted by Gasteiger charge is 2.20. The Labute approximate surface area is 119 Å². The molecular weight excluding hydrogens is 312 g/mol. The molecule has 2 aromatic rings. The fraction of sp³-hybridized carbons (Fsp3) is 0.385. The molecule has 0 radical (unpaired) electrons. The van der Waals surface area contributed by atoms with E-state index in [-0.39, 0.29) is 6.04 Å². The van der Waals surface area contributed by atoms with Gasteiger partial charge >= 0.3 is 0 Å². The largest absolute Gasteiger partial charge is 0.466 e. The van der Waals surface area contributed by atoms with Crippen LogP contribution >= 0.6 is 27.3 Å². The van der Waals surface area contributed by atoms with E-state index in [0.29, 0.717) is 0 Å². The molecule has 0 aromatic carbocycles. The number of nitrogens with two attached hydrogens (primary N) is 1. The number of hydrogen-bond donors (Lipinski definition) is 2. The zero-order valence-corrected chi connectivity index (χ0v) is 13.1. The molecule has 98 valence electrons. The molecule has 0 spiro atoms. The summed E-state index contributed by atoms with van der Waals surface area (Å²) in [6, 6.07) is 2.22. The number of hydrogen-bond acceptors (Lipinski definition) is 4. The van der Waals surface area contributed by atoms with Crippen molar-refractivity contribution in [2.45, 2.75) is 33.2 Å². The van der Waals surface area contributed by atoms with Gasteiger partial charge in [0.25, 0.3) is 0 Å². The van der Waals surface area contributed by atoms with E-state index in [9.17, 15) is 0 Å². The summed E-state index contributed by atoms with van der Waals surface area (Å²) in [7, 11) is 0. The van der Waals surface area contributed by atoms with E-state index in [4.69, 9.17) is 10.3 Å². The minimum atomic E-state index is 0.0907. The quantitative estimate of drug-likeness (QED) is 0.663. The monoisotopic (exact) mass is 328 g/mol. The van der Waals surface area contributed by atoms with Crippen molar-refractivity contribution < 1.29 is 4.42 Å². The van der Waals surface area contributed by atoms with Gasteiger partial charge in [0, 0.05) is 26.7 Å². The summed E-state index contributed by atoms with van der Waals surface area (Å²) in [5, 5.41) is 2.09. The van der Waals surface area contributed by atoms with E-state index in [1.807, 2.05) is 13.8 Å². The van der Waals surface area contributed by atoms with E-state index in [1.54, 1.807) is 11.3 Å². The van der Waals surface area contributed by atoms with Gasteiger partial charge in [0.15, 0.2) is 0 Å². The van der Waals surface area contributed by atoms with Crippen molar-refractivity contribution in [3.05, 3.63) is 43.4 Å². The molecule has 0 fully saturated rings. The second-order valence-electron chi connectivity index (χ2n) is 4.41. The van der Waals surface area contributed by atoms with Crippen molar-refractivity contribution in [1.82, 2.24) is 5.43 Å².